The zero-order chi connectivity index (χ0) is 16.8. The Bertz CT molecular complexity index is 600. The molecule has 0 aromatic heterocycles. The average molecular weight is 316 g/mol. The fourth-order valence-corrected chi connectivity index (χ4v) is 4.94. The Morgan fingerprint density at radius 2 is 2.09 bits per heavy atom. The van der Waals surface area contributed by atoms with Gasteiger partial charge in [-0.05, 0) is 55.3 Å². The van der Waals surface area contributed by atoms with Crippen molar-refractivity contribution in [3.8, 4) is 0 Å². The number of hydrogen-bond donors (Lipinski definition) is 1. The number of fused-ring (bicyclic) bond motifs is 1. The van der Waals surface area contributed by atoms with E-state index in [1.807, 2.05) is 6.08 Å². The van der Waals surface area contributed by atoms with Crippen LogP contribution in [0.25, 0.3) is 0 Å². The molecule has 3 rings (SSSR count). The van der Waals surface area contributed by atoms with Gasteiger partial charge in [-0.25, -0.2) is 4.79 Å². The highest BCUT2D eigenvalue weighted by molar-refractivity contribution is 5.86. The van der Waals surface area contributed by atoms with Gasteiger partial charge < -0.3 is 9.84 Å². The molecule has 1 heterocycles. The molecule has 3 aliphatic rings. The van der Waals surface area contributed by atoms with Crippen LogP contribution in [0.15, 0.2) is 35.5 Å². The average Bonchev–Trinajstić information content (AvgIpc) is 2.82. The topological polar surface area (TPSA) is 46.5 Å². The van der Waals surface area contributed by atoms with Crippen LogP contribution in [0.2, 0.25) is 0 Å². The molecule has 3 heteroatoms. The molecule has 0 saturated heterocycles. The molecule has 1 aliphatic heterocycles. The molecule has 0 aromatic rings. The highest BCUT2D eigenvalue weighted by atomic mass is 16.6. The van der Waals surface area contributed by atoms with Gasteiger partial charge in [-0.3, -0.25) is 0 Å². The van der Waals surface area contributed by atoms with Crippen LogP contribution in [0.1, 0.15) is 53.4 Å². The van der Waals surface area contributed by atoms with E-state index in [2.05, 4.69) is 39.8 Å². The third-order valence-corrected chi connectivity index (χ3v) is 6.92. The molecule has 0 amide bonds. The summed E-state index contributed by atoms with van der Waals surface area (Å²) >= 11 is 0. The van der Waals surface area contributed by atoms with Gasteiger partial charge in [0.15, 0.2) is 0 Å². The van der Waals surface area contributed by atoms with E-state index in [9.17, 15) is 9.90 Å². The lowest BCUT2D eigenvalue weighted by Crippen LogP contribution is -2.48. The first-order chi connectivity index (χ1) is 10.8. The number of aliphatic hydroxyl groups is 1. The molecule has 126 valence electrons. The van der Waals surface area contributed by atoms with E-state index < -0.39 is 12.3 Å². The number of esters is 1. The van der Waals surface area contributed by atoms with Gasteiger partial charge in [0.1, 0.15) is 0 Å². The van der Waals surface area contributed by atoms with Gasteiger partial charge in [0.25, 0.3) is 0 Å². The first kappa shape index (κ1) is 16.5. The summed E-state index contributed by atoms with van der Waals surface area (Å²) in [5, 5.41) is 9.79. The second kappa shape index (κ2) is 5.62. The summed E-state index contributed by atoms with van der Waals surface area (Å²) < 4.78 is 4.78. The van der Waals surface area contributed by atoms with Gasteiger partial charge in [-0.2, -0.15) is 0 Å². The summed E-state index contributed by atoms with van der Waals surface area (Å²) in [6.45, 7) is 9.37. The number of carbonyl (C=O) groups excluding carboxylic acids is 1. The molecular weight excluding hydrogens is 288 g/mol. The fourth-order valence-electron chi connectivity index (χ4n) is 4.94. The number of aliphatic hydroxyl groups excluding tert-OH is 1. The Balaban J connectivity index is 1.93. The number of hydrogen-bond acceptors (Lipinski definition) is 3. The first-order valence-corrected chi connectivity index (χ1v) is 8.74. The summed E-state index contributed by atoms with van der Waals surface area (Å²) in [5.41, 5.74) is 2.42. The Labute approximate surface area is 139 Å². The molecule has 23 heavy (non-hydrogen) atoms. The zero-order valence-electron chi connectivity index (χ0n) is 14.6. The summed E-state index contributed by atoms with van der Waals surface area (Å²) in [6.07, 6.45) is 11.6. The Morgan fingerprint density at radius 1 is 1.35 bits per heavy atom. The Hall–Kier alpha value is -1.35. The van der Waals surface area contributed by atoms with E-state index in [4.69, 9.17) is 4.74 Å². The Kier molecular flexibility index (Phi) is 4.04. The molecule has 3 nitrogen and oxygen atoms in total. The molecule has 1 fully saturated rings. The minimum atomic E-state index is -1.11. The molecule has 1 N–H and O–H groups in total. The van der Waals surface area contributed by atoms with Crippen molar-refractivity contribution in [3.05, 3.63) is 35.5 Å². The number of allylic oxidation sites excluding steroid dienone is 3. The maximum Gasteiger partial charge on any atom is 0.333 e. The van der Waals surface area contributed by atoms with Crippen LogP contribution in [-0.4, -0.2) is 17.4 Å². The standard InChI is InChI=1S/C20H28O3/c1-13-6-5-7-16-19(13,3)10-8-14(2)20(16,4)11-9-15-12-17(21)23-18(15)22/h6,9,11-12,14,16,18,22H,5,7-8,10H2,1-4H3. The van der Waals surface area contributed by atoms with E-state index in [1.165, 1.54) is 30.9 Å². The van der Waals surface area contributed by atoms with E-state index in [1.54, 1.807) is 0 Å². The van der Waals surface area contributed by atoms with Crippen LogP contribution in [0.3, 0.4) is 0 Å². The van der Waals surface area contributed by atoms with E-state index in [0.29, 0.717) is 17.4 Å². The SMILES string of the molecule is CC1=CCCC2C1(C)CCC(C)C2(C)C=CC1=CC(=O)OC1O. The van der Waals surface area contributed by atoms with Gasteiger partial charge in [0, 0.05) is 11.6 Å². The lowest BCUT2D eigenvalue weighted by molar-refractivity contribution is -0.150. The molecular formula is C20H28O3. The first-order valence-electron chi connectivity index (χ1n) is 8.74. The lowest BCUT2D eigenvalue weighted by atomic mass is 9.48. The zero-order valence-corrected chi connectivity index (χ0v) is 14.6. The number of cyclic esters (lactones) is 1. The van der Waals surface area contributed by atoms with Crippen molar-refractivity contribution in [2.45, 2.75) is 59.7 Å². The van der Waals surface area contributed by atoms with Gasteiger partial charge >= 0.3 is 5.97 Å². The second-order valence-electron chi connectivity index (χ2n) is 8.01. The minimum Gasteiger partial charge on any atom is -0.428 e. The monoisotopic (exact) mass is 316 g/mol. The van der Waals surface area contributed by atoms with Crippen LogP contribution in [-0.2, 0) is 9.53 Å². The maximum atomic E-state index is 11.3. The van der Waals surface area contributed by atoms with Crippen molar-refractivity contribution >= 4 is 5.97 Å². The summed E-state index contributed by atoms with van der Waals surface area (Å²) in [5.74, 6) is 0.717. The third-order valence-electron chi connectivity index (χ3n) is 6.92. The van der Waals surface area contributed by atoms with Crippen LogP contribution in [0, 0.1) is 22.7 Å². The summed E-state index contributed by atoms with van der Waals surface area (Å²) in [7, 11) is 0. The van der Waals surface area contributed by atoms with Crippen LogP contribution >= 0.6 is 0 Å². The summed E-state index contributed by atoms with van der Waals surface area (Å²) in [4.78, 5) is 11.3. The van der Waals surface area contributed by atoms with Gasteiger partial charge in [-0.15, -0.1) is 0 Å². The highest BCUT2D eigenvalue weighted by Gasteiger charge is 2.52. The van der Waals surface area contributed by atoms with Gasteiger partial charge in [0.2, 0.25) is 6.29 Å². The largest absolute Gasteiger partial charge is 0.428 e. The molecule has 5 atom stereocenters. The van der Waals surface area contributed by atoms with Gasteiger partial charge in [-0.1, -0.05) is 44.6 Å². The van der Waals surface area contributed by atoms with Crippen molar-refractivity contribution < 1.29 is 14.6 Å². The number of carbonyl (C=O) groups is 1. The normalized spacial score (nSPS) is 43.9. The van der Waals surface area contributed by atoms with E-state index >= 15 is 0 Å². The molecule has 0 radical (unpaired) electrons. The lowest BCUT2D eigenvalue weighted by Gasteiger charge is -2.57. The van der Waals surface area contributed by atoms with Crippen LogP contribution in [0.4, 0.5) is 0 Å². The molecule has 0 spiro atoms. The van der Waals surface area contributed by atoms with Crippen LogP contribution < -0.4 is 0 Å². The van der Waals surface area contributed by atoms with Crippen molar-refractivity contribution in [2.75, 3.05) is 0 Å². The summed E-state index contributed by atoms with van der Waals surface area (Å²) in [6, 6.07) is 0. The van der Waals surface area contributed by atoms with Crippen molar-refractivity contribution in [1.82, 2.24) is 0 Å². The van der Waals surface area contributed by atoms with E-state index in [-0.39, 0.29) is 10.8 Å². The predicted octanol–water partition coefficient (Wildman–Crippen LogP) is 4.14. The third kappa shape index (κ3) is 2.59. The predicted molar refractivity (Wildman–Crippen MR) is 90.4 cm³/mol. The smallest absolute Gasteiger partial charge is 0.333 e. The van der Waals surface area contributed by atoms with Crippen molar-refractivity contribution in [2.24, 2.45) is 22.7 Å². The van der Waals surface area contributed by atoms with Gasteiger partial charge in [0.05, 0.1) is 0 Å². The Morgan fingerprint density at radius 3 is 2.74 bits per heavy atom. The fraction of sp³-hybridized carbons (Fsp3) is 0.650. The maximum absolute atomic E-state index is 11.3. The molecule has 0 aromatic carbocycles. The molecule has 0 bridgehead atoms. The quantitative estimate of drug-likeness (QED) is 0.615. The van der Waals surface area contributed by atoms with Crippen molar-refractivity contribution in [3.63, 3.8) is 0 Å². The highest BCUT2D eigenvalue weighted by Crippen LogP contribution is 2.60. The van der Waals surface area contributed by atoms with E-state index in [0.717, 1.165) is 6.42 Å². The molecule has 5 unspecified atom stereocenters. The van der Waals surface area contributed by atoms with Crippen molar-refractivity contribution in [1.29, 1.82) is 0 Å². The molecule has 2 aliphatic carbocycles. The molecule has 1 saturated carbocycles. The number of ether oxygens (including phenoxy) is 1. The minimum absolute atomic E-state index is 0.0642. The second-order valence-corrected chi connectivity index (χ2v) is 8.01. The number of rotatable bonds is 2. The van der Waals surface area contributed by atoms with Crippen LogP contribution in [0.5, 0.6) is 0 Å².